The van der Waals surface area contributed by atoms with Gasteiger partial charge in [-0.1, -0.05) is 26.8 Å². The van der Waals surface area contributed by atoms with E-state index in [9.17, 15) is 29.7 Å². The van der Waals surface area contributed by atoms with E-state index in [-0.39, 0.29) is 41.9 Å². The Morgan fingerprint density at radius 2 is 1.87 bits per heavy atom. The van der Waals surface area contributed by atoms with E-state index < -0.39 is 23.9 Å². The summed E-state index contributed by atoms with van der Waals surface area (Å²) in [7, 11) is 0. The van der Waals surface area contributed by atoms with Crippen molar-refractivity contribution in [3.8, 4) is 5.75 Å². The first-order chi connectivity index (χ1) is 17.8. The molecule has 9 nitrogen and oxygen atoms in total. The van der Waals surface area contributed by atoms with E-state index in [0.717, 1.165) is 14.7 Å². The quantitative estimate of drug-likeness (QED) is 0.252. The number of Topliss-reactive ketones (excluding diaryl/α,β-unsaturated/α-hetero) is 1. The lowest BCUT2D eigenvalue weighted by atomic mass is 9.83. The minimum Gasteiger partial charge on any atom is -0.508 e. The number of aliphatic hydroxyl groups is 1. The number of aromatic hydroxyl groups is 1. The van der Waals surface area contributed by atoms with Crippen molar-refractivity contribution in [3.63, 3.8) is 0 Å². The van der Waals surface area contributed by atoms with Crippen molar-refractivity contribution in [2.45, 2.75) is 57.5 Å². The summed E-state index contributed by atoms with van der Waals surface area (Å²) >= 11 is 2.19. The number of aliphatic carboxylic acids is 1. The third kappa shape index (κ3) is 8.80. The second-order valence-electron chi connectivity index (χ2n) is 10.6. The molecule has 0 bridgehead atoms. The molecule has 0 spiro atoms. The number of amides is 1. The monoisotopic (exact) mass is 635 g/mol. The SMILES string of the molecule is CC(C)(C)c1cc(I)cc([C@H](CC(=O)O)CC(=O)CNC(=O)c2cc(O)cc(CC3=NCC(O)CN3)c2)c1. The second kappa shape index (κ2) is 12.7. The molecular formula is C28H34IN3O6. The highest BCUT2D eigenvalue weighted by molar-refractivity contribution is 14.1. The number of aliphatic imine (C=N–C) groups is 1. The number of carboxylic acid groups (broad SMARTS) is 1. The van der Waals surface area contributed by atoms with Crippen LogP contribution in [0.2, 0.25) is 0 Å². The Kier molecular flexibility index (Phi) is 9.88. The molecule has 1 aliphatic heterocycles. The third-order valence-corrected chi connectivity index (χ3v) is 6.87. The maximum absolute atomic E-state index is 12.8. The Balaban J connectivity index is 1.67. The molecule has 2 aromatic rings. The number of β-amino-alcohol motifs (C(OH)–C–C–N with tert-alkyl or cyclic N) is 1. The molecular weight excluding hydrogens is 601 g/mol. The lowest BCUT2D eigenvalue weighted by Crippen LogP contribution is -2.39. The van der Waals surface area contributed by atoms with Crippen molar-refractivity contribution >= 4 is 46.1 Å². The molecule has 0 aromatic heterocycles. The predicted octanol–water partition coefficient (Wildman–Crippen LogP) is 3.15. The molecule has 1 heterocycles. The Morgan fingerprint density at radius 1 is 1.13 bits per heavy atom. The van der Waals surface area contributed by atoms with Gasteiger partial charge in [-0.05, 0) is 75.0 Å². The molecule has 0 fully saturated rings. The number of halogens is 1. The molecule has 0 radical (unpaired) electrons. The van der Waals surface area contributed by atoms with Crippen LogP contribution in [-0.2, 0) is 21.4 Å². The Morgan fingerprint density at radius 3 is 2.50 bits per heavy atom. The molecule has 3 rings (SSSR count). The molecule has 1 amide bonds. The average molecular weight is 635 g/mol. The van der Waals surface area contributed by atoms with Gasteiger partial charge in [0.1, 0.15) is 11.6 Å². The number of phenolic OH excluding ortho intramolecular Hbond substituents is 1. The third-order valence-electron chi connectivity index (χ3n) is 6.24. The number of carboxylic acids is 1. The number of rotatable bonds is 10. The van der Waals surface area contributed by atoms with E-state index in [1.165, 1.54) is 12.1 Å². The maximum Gasteiger partial charge on any atom is 0.303 e. The normalized spacial score (nSPS) is 16.2. The average Bonchev–Trinajstić information content (AvgIpc) is 2.82. The molecule has 2 atom stereocenters. The fourth-order valence-corrected chi connectivity index (χ4v) is 4.91. The molecule has 1 aliphatic rings. The number of aliphatic hydroxyl groups excluding tert-OH is 1. The van der Waals surface area contributed by atoms with E-state index in [1.54, 1.807) is 6.07 Å². The summed E-state index contributed by atoms with van der Waals surface area (Å²) in [5.74, 6) is -1.78. The Bertz CT molecular complexity index is 1240. The van der Waals surface area contributed by atoms with Crippen LogP contribution in [0.5, 0.6) is 5.75 Å². The van der Waals surface area contributed by atoms with Gasteiger partial charge in [-0.2, -0.15) is 0 Å². The van der Waals surface area contributed by atoms with Gasteiger partial charge >= 0.3 is 5.97 Å². The molecule has 0 aliphatic carbocycles. The molecule has 1 unspecified atom stereocenters. The zero-order chi connectivity index (χ0) is 28.0. The number of nitrogens with one attached hydrogen (secondary N) is 2. The van der Waals surface area contributed by atoms with Crippen molar-refractivity contribution in [2.24, 2.45) is 4.99 Å². The molecule has 204 valence electrons. The number of carbonyl (C=O) groups is 3. The first-order valence-electron chi connectivity index (χ1n) is 12.4. The summed E-state index contributed by atoms with van der Waals surface area (Å²) in [5.41, 5.74) is 2.55. The Hall–Kier alpha value is -2.99. The highest BCUT2D eigenvalue weighted by atomic mass is 127. The second-order valence-corrected chi connectivity index (χ2v) is 11.9. The summed E-state index contributed by atoms with van der Waals surface area (Å²) in [4.78, 5) is 41.4. The van der Waals surface area contributed by atoms with Crippen LogP contribution >= 0.6 is 22.6 Å². The van der Waals surface area contributed by atoms with Crippen LogP contribution in [0.3, 0.4) is 0 Å². The molecule has 38 heavy (non-hydrogen) atoms. The van der Waals surface area contributed by atoms with E-state index in [1.807, 2.05) is 18.2 Å². The summed E-state index contributed by atoms with van der Waals surface area (Å²) in [6.45, 7) is 6.64. The van der Waals surface area contributed by atoms with Crippen LogP contribution < -0.4 is 10.6 Å². The number of amidine groups is 1. The van der Waals surface area contributed by atoms with Crippen LogP contribution in [0, 0.1) is 3.57 Å². The summed E-state index contributed by atoms with van der Waals surface area (Å²) in [6.07, 6.45) is -0.417. The summed E-state index contributed by atoms with van der Waals surface area (Å²) in [6, 6.07) is 10.4. The lowest BCUT2D eigenvalue weighted by molar-refractivity contribution is -0.137. The van der Waals surface area contributed by atoms with Gasteiger partial charge in [0.15, 0.2) is 5.78 Å². The molecule has 2 aromatic carbocycles. The molecule has 0 saturated carbocycles. The van der Waals surface area contributed by atoms with Crippen LogP contribution in [-0.4, -0.2) is 64.6 Å². The van der Waals surface area contributed by atoms with Gasteiger partial charge in [-0.3, -0.25) is 19.4 Å². The van der Waals surface area contributed by atoms with Crippen LogP contribution in [0.1, 0.15) is 66.6 Å². The minimum atomic E-state index is -0.998. The van der Waals surface area contributed by atoms with Gasteiger partial charge in [-0.25, -0.2) is 0 Å². The number of phenols is 1. The van der Waals surface area contributed by atoms with Crippen molar-refractivity contribution in [1.82, 2.24) is 10.6 Å². The number of hydrogen-bond donors (Lipinski definition) is 5. The molecule has 10 heteroatoms. The first-order valence-corrected chi connectivity index (χ1v) is 13.5. The first kappa shape index (κ1) is 29.6. The summed E-state index contributed by atoms with van der Waals surface area (Å²) < 4.78 is 0.964. The van der Waals surface area contributed by atoms with Crippen LogP contribution in [0.4, 0.5) is 0 Å². The number of benzene rings is 2. The van der Waals surface area contributed by atoms with Gasteiger partial charge in [0.2, 0.25) is 0 Å². The molecule has 5 N–H and O–H groups in total. The van der Waals surface area contributed by atoms with E-state index in [2.05, 4.69) is 59.0 Å². The standard InChI is InChI=1S/C28H34IN3O6/c1-28(2,3)20-7-17(8-21(29)12-20)18(11-26(36)37)9-23(34)13-32-27(38)19-4-16(5-22(33)10-19)6-25-30-14-24(35)15-31-25/h4-5,7-8,10,12,18,24,33,35H,6,9,11,13-15H2,1-3H3,(H,30,31)(H,32,38)(H,36,37)/t18-/m0/s1. The maximum atomic E-state index is 12.8. The van der Waals surface area contributed by atoms with Gasteiger partial charge in [0.05, 0.1) is 25.6 Å². The van der Waals surface area contributed by atoms with Crippen molar-refractivity contribution in [3.05, 3.63) is 62.2 Å². The van der Waals surface area contributed by atoms with E-state index in [4.69, 9.17) is 0 Å². The summed E-state index contributed by atoms with van der Waals surface area (Å²) in [5, 5.41) is 34.8. The van der Waals surface area contributed by atoms with E-state index >= 15 is 0 Å². The zero-order valence-corrected chi connectivity index (χ0v) is 23.9. The minimum absolute atomic E-state index is 0.0289. The van der Waals surface area contributed by atoms with Gasteiger partial charge in [0.25, 0.3) is 5.91 Å². The van der Waals surface area contributed by atoms with Gasteiger partial charge in [0, 0.05) is 34.4 Å². The van der Waals surface area contributed by atoms with E-state index in [0.29, 0.717) is 30.9 Å². The number of ketones is 1. The smallest absolute Gasteiger partial charge is 0.303 e. The van der Waals surface area contributed by atoms with Crippen molar-refractivity contribution < 1.29 is 29.7 Å². The fourth-order valence-electron chi connectivity index (χ4n) is 4.22. The highest BCUT2D eigenvalue weighted by Gasteiger charge is 2.23. The predicted molar refractivity (Wildman–Crippen MR) is 153 cm³/mol. The number of hydrogen-bond acceptors (Lipinski definition) is 7. The lowest BCUT2D eigenvalue weighted by Gasteiger charge is -2.23. The Labute approximate surface area is 235 Å². The fraction of sp³-hybridized carbons (Fsp3) is 0.429. The topological polar surface area (TPSA) is 148 Å². The van der Waals surface area contributed by atoms with Gasteiger partial charge in [-0.15, -0.1) is 0 Å². The van der Waals surface area contributed by atoms with Crippen molar-refractivity contribution in [2.75, 3.05) is 19.6 Å². The largest absolute Gasteiger partial charge is 0.508 e. The van der Waals surface area contributed by atoms with Crippen LogP contribution in [0.15, 0.2) is 41.4 Å². The van der Waals surface area contributed by atoms with Crippen molar-refractivity contribution in [1.29, 1.82) is 0 Å². The zero-order valence-electron chi connectivity index (χ0n) is 21.8. The van der Waals surface area contributed by atoms with Gasteiger partial charge < -0.3 is 26.0 Å². The van der Waals surface area contributed by atoms with Crippen LogP contribution in [0.25, 0.3) is 0 Å². The number of carbonyl (C=O) groups excluding carboxylic acids is 2. The number of nitrogens with zero attached hydrogens (tertiary/aromatic N) is 1. The highest BCUT2D eigenvalue weighted by Crippen LogP contribution is 2.31. The molecule has 0 saturated heterocycles.